The van der Waals surface area contributed by atoms with E-state index in [1.807, 2.05) is 13.8 Å². The Labute approximate surface area is 124 Å². The molecular formula is C14H21FN2O3S. The van der Waals surface area contributed by atoms with Crippen molar-refractivity contribution >= 4 is 10.0 Å². The number of benzene rings is 1. The summed E-state index contributed by atoms with van der Waals surface area (Å²) in [6, 6.07) is 3.36. The van der Waals surface area contributed by atoms with Gasteiger partial charge in [0.05, 0.1) is 11.0 Å². The van der Waals surface area contributed by atoms with Crippen LogP contribution in [0.25, 0.3) is 0 Å². The minimum atomic E-state index is -3.81. The smallest absolute Gasteiger partial charge is 0.241 e. The molecule has 1 aromatic rings. The van der Waals surface area contributed by atoms with Crippen molar-refractivity contribution in [3.8, 4) is 0 Å². The van der Waals surface area contributed by atoms with Crippen LogP contribution in [0.1, 0.15) is 25.8 Å². The number of hydrogen-bond acceptors (Lipinski definition) is 4. The van der Waals surface area contributed by atoms with Crippen molar-refractivity contribution in [1.82, 2.24) is 4.72 Å². The van der Waals surface area contributed by atoms with Gasteiger partial charge in [-0.3, -0.25) is 0 Å². The first-order valence-corrected chi connectivity index (χ1v) is 8.24. The highest BCUT2D eigenvalue weighted by molar-refractivity contribution is 7.89. The van der Waals surface area contributed by atoms with E-state index in [2.05, 4.69) is 4.72 Å². The fourth-order valence-electron chi connectivity index (χ4n) is 2.68. The molecule has 1 aliphatic carbocycles. The molecule has 0 radical (unpaired) electrons. The van der Waals surface area contributed by atoms with Gasteiger partial charge >= 0.3 is 0 Å². The molecule has 118 valence electrons. The van der Waals surface area contributed by atoms with Gasteiger partial charge in [0.1, 0.15) is 5.82 Å². The lowest BCUT2D eigenvalue weighted by atomic mass is 9.65. The molecule has 2 atom stereocenters. The molecule has 2 rings (SSSR count). The summed E-state index contributed by atoms with van der Waals surface area (Å²) in [6.45, 7) is 3.91. The maximum Gasteiger partial charge on any atom is 0.241 e. The van der Waals surface area contributed by atoms with Crippen LogP contribution in [0.2, 0.25) is 0 Å². The third-order valence-electron chi connectivity index (χ3n) is 4.30. The van der Waals surface area contributed by atoms with E-state index in [9.17, 15) is 12.8 Å². The van der Waals surface area contributed by atoms with Gasteiger partial charge in [-0.1, -0.05) is 19.9 Å². The van der Waals surface area contributed by atoms with Gasteiger partial charge in [-0.05, 0) is 24.1 Å². The van der Waals surface area contributed by atoms with E-state index >= 15 is 0 Å². The van der Waals surface area contributed by atoms with Crippen LogP contribution in [0.15, 0.2) is 23.1 Å². The predicted molar refractivity (Wildman–Crippen MR) is 77.6 cm³/mol. The Kier molecular flexibility index (Phi) is 4.39. The average Bonchev–Trinajstić information content (AvgIpc) is 2.43. The van der Waals surface area contributed by atoms with Gasteiger partial charge in [-0.2, -0.15) is 0 Å². The lowest BCUT2D eigenvalue weighted by Gasteiger charge is -2.51. The molecule has 7 heteroatoms. The third-order valence-corrected chi connectivity index (χ3v) is 5.85. The SMILES string of the molecule is COC1CC(NS(=O)(=O)c2cc(F)ccc2CN)C1(C)C. The Hall–Kier alpha value is -1.02. The first-order chi connectivity index (χ1) is 9.72. The van der Waals surface area contributed by atoms with E-state index in [4.69, 9.17) is 10.5 Å². The van der Waals surface area contributed by atoms with Crippen molar-refractivity contribution in [2.45, 2.75) is 43.9 Å². The van der Waals surface area contributed by atoms with Crippen LogP contribution in [0, 0.1) is 11.2 Å². The van der Waals surface area contributed by atoms with E-state index in [1.165, 1.54) is 12.1 Å². The summed E-state index contributed by atoms with van der Waals surface area (Å²) in [4.78, 5) is -0.0957. The average molecular weight is 316 g/mol. The quantitative estimate of drug-likeness (QED) is 0.860. The minimum absolute atomic E-state index is 0.00619. The zero-order chi connectivity index (χ0) is 15.8. The molecule has 3 N–H and O–H groups in total. The summed E-state index contributed by atoms with van der Waals surface area (Å²) >= 11 is 0. The zero-order valence-corrected chi connectivity index (χ0v) is 13.2. The zero-order valence-electron chi connectivity index (χ0n) is 12.4. The van der Waals surface area contributed by atoms with Crippen LogP contribution >= 0.6 is 0 Å². The fraction of sp³-hybridized carbons (Fsp3) is 0.571. The van der Waals surface area contributed by atoms with E-state index in [1.54, 1.807) is 7.11 Å². The van der Waals surface area contributed by atoms with E-state index in [0.717, 1.165) is 6.07 Å². The second-order valence-corrected chi connectivity index (χ2v) is 7.59. The van der Waals surface area contributed by atoms with E-state index in [0.29, 0.717) is 12.0 Å². The molecule has 0 saturated heterocycles. The number of nitrogens with one attached hydrogen (secondary N) is 1. The Morgan fingerprint density at radius 3 is 2.67 bits per heavy atom. The van der Waals surface area contributed by atoms with Gasteiger partial charge in [0.15, 0.2) is 0 Å². The first-order valence-electron chi connectivity index (χ1n) is 6.76. The molecule has 5 nitrogen and oxygen atoms in total. The molecule has 0 spiro atoms. The van der Waals surface area contributed by atoms with Crippen molar-refractivity contribution in [2.75, 3.05) is 7.11 Å². The number of ether oxygens (including phenoxy) is 1. The van der Waals surface area contributed by atoms with Crippen LogP contribution in [-0.4, -0.2) is 27.7 Å². The highest BCUT2D eigenvalue weighted by Gasteiger charge is 2.50. The lowest BCUT2D eigenvalue weighted by Crippen LogP contribution is -2.61. The number of halogens is 1. The summed E-state index contributed by atoms with van der Waals surface area (Å²) in [5.41, 5.74) is 5.62. The monoisotopic (exact) mass is 316 g/mol. The van der Waals surface area contributed by atoms with E-state index in [-0.39, 0.29) is 29.0 Å². The predicted octanol–water partition coefficient (Wildman–Crippen LogP) is 1.38. The maximum atomic E-state index is 13.4. The number of sulfonamides is 1. The molecule has 2 unspecified atom stereocenters. The van der Waals surface area contributed by atoms with Crippen molar-refractivity contribution in [2.24, 2.45) is 11.1 Å². The minimum Gasteiger partial charge on any atom is -0.381 e. The fourth-order valence-corrected chi connectivity index (χ4v) is 4.35. The Morgan fingerprint density at radius 1 is 1.48 bits per heavy atom. The molecule has 1 aromatic carbocycles. The lowest BCUT2D eigenvalue weighted by molar-refractivity contribution is -0.0908. The largest absolute Gasteiger partial charge is 0.381 e. The number of methoxy groups -OCH3 is 1. The molecule has 1 aliphatic rings. The van der Waals surface area contributed by atoms with Crippen LogP contribution < -0.4 is 10.5 Å². The van der Waals surface area contributed by atoms with Gasteiger partial charge in [-0.25, -0.2) is 17.5 Å². The van der Waals surface area contributed by atoms with Crippen molar-refractivity contribution < 1.29 is 17.5 Å². The van der Waals surface area contributed by atoms with Gasteiger partial charge in [0.25, 0.3) is 0 Å². The molecule has 0 bridgehead atoms. The van der Waals surface area contributed by atoms with Gasteiger partial charge < -0.3 is 10.5 Å². The molecule has 1 saturated carbocycles. The Bertz CT molecular complexity index is 631. The number of nitrogens with two attached hydrogens (primary N) is 1. The summed E-state index contributed by atoms with van der Waals surface area (Å²) < 4.78 is 46.3. The van der Waals surface area contributed by atoms with Crippen molar-refractivity contribution in [1.29, 1.82) is 0 Å². The van der Waals surface area contributed by atoms with Crippen molar-refractivity contribution in [3.63, 3.8) is 0 Å². The maximum absolute atomic E-state index is 13.4. The number of rotatable bonds is 5. The number of hydrogen-bond donors (Lipinski definition) is 2. The molecular weight excluding hydrogens is 295 g/mol. The van der Waals surface area contributed by atoms with E-state index < -0.39 is 15.8 Å². The Balaban J connectivity index is 2.26. The second kappa shape index (κ2) is 5.64. The Morgan fingerprint density at radius 2 is 2.14 bits per heavy atom. The second-order valence-electron chi connectivity index (χ2n) is 5.91. The standard InChI is InChI=1S/C14H21FN2O3S/c1-14(2)12(7-13(14)20-3)17-21(18,19)11-6-10(15)5-4-9(11)8-16/h4-6,12-13,17H,7-8,16H2,1-3H3. The molecule has 0 aromatic heterocycles. The summed E-state index contributed by atoms with van der Waals surface area (Å²) in [5, 5.41) is 0. The van der Waals surface area contributed by atoms with Crippen LogP contribution in [0.4, 0.5) is 4.39 Å². The van der Waals surface area contributed by atoms with Crippen molar-refractivity contribution in [3.05, 3.63) is 29.6 Å². The summed E-state index contributed by atoms with van der Waals surface area (Å²) in [6.07, 6.45) is 0.599. The van der Waals surface area contributed by atoms with Gasteiger partial charge in [-0.15, -0.1) is 0 Å². The van der Waals surface area contributed by atoms with Crippen LogP contribution in [0.5, 0.6) is 0 Å². The molecule has 0 aliphatic heterocycles. The highest BCUT2D eigenvalue weighted by Crippen LogP contribution is 2.43. The topological polar surface area (TPSA) is 81.4 Å². The third kappa shape index (κ3) is 2.96. The molecule has 0 amide bonds. The van der Waals surface area contributed by atoms with Crippen LogP contribution in [0.3, 0.4) is 0 Å². The van der Waals surface area contributed by atoms with Crippen LogP contribution in [-0.2, 0) is 21.3 Å². The summed E-state index contributed by atoms with van der Waals surface area (Å²) in [7, 11) is -2.21. The molecule has 21 heavy (non-hydrogen) atoms. The molecule has 1 fully saturated rings. The highest BCUT2D eigenvalue weighted by atomic mass is 32.2. The molecule has 0 heterocycles. The summed E-state index contributed by atoms with van der Waals surface area (Å²) in [5.74, 6) is -0.602. The normalized spacial score (nSPS) is 24.6. The first kappa shape index (κ1) is 16.4. The van der Waals surface area contributed by atoms with Gasteiger partial charge in [0, 0.05) is 25.1 Å². The van der Waals surface area contributed by atoms with Gasteiger partial charge in [0.2, 0.25) is 10.0 Å².